The largest absolute Gasteiger partial charge is 0.503 e. The van der Waals surface area contributed by atoms with Crippen molar-refractivity contribution in [1.29, 1.82) is 0 Å². The molecule has 0 unspecified atom stereocenters. The highest BCUT2D eigenvalue weighted by molar-refractivity contribution is 9.10. The third-order valence-corrected chi connectivity index (χ3v) is 4.41. The molecule has 160 valence electrons. The zero-order chi connectivity index (χ0) is 22.1. The summed E-state index contributed by atoms with van der Waals surface area (Å²) in [4.78, 5) is 24.1. The van der Waals surface area contributed by atoms with Crippen LogP contribution < -0.4 is 25.0 Å². The molecular formula is C20H22BrN3O6. The van der Waals surface area contributed by atoms with Gasteiger partial charge in [0.15, 0.2) is 23.0 Å². The van der Waals surface area contributed by atoms with Crippen molar-refractivity contribution in [1.82, 2.24) is 10.7 Å². The van der Waals surface area contributed by atoms with E-state index in [4.69, 9.17) is 14.2 Å². The molecule has 2 aromatic carbocycles. The lowest BCUT2D eigenvalue weighted by atomic mass is 10.2. The van der Waals surface area contributed by atoms with Gasteiger partial charge in [0.25, 0.3) is 11.8 Å². The summed E-state index contributed by atoms with van der Waals surface area (Å²) in [6.07, 6.45) is 1.39. The van der Waals surface area contributed by atoms with Crippen LogP contribution in [0.15, 0.2) is 39.9 Å². The topological polar surface area (TPSA) is 118 Å². The van der Waals surface area contributed by atoms with E-state index in [9.17, 15) is 14.7 Å². The first kappa shape index (κ1) is 23.0. The van der Waals surface area contributed by atoms with E-state index in [0.717, 1.165) is 0 Å². The average Bonchev–Trinajstić information content (AvgIpc) is 2.75. The second-order valence-corrected chi connectivity index (χ2v) is 6.68. The van der Waals surface area contributed by atoms with E-state index in [0.29, 0.717) is 39.5 Å². The van der Waals surface area contributed by atoms with E-state index >= 15 is 0 Å². The van der Waals surface area contributed by atoms with Gasteiger partial charge >= 0.3 is 0 Å². The number of nitrogens with one attached hydrogen (secondary N) is 2. The van der Waals surface area contributed by atoms with Gasteiger partial charge in [0.1, 0.15) is 0 Å². The summed E-state index contributed by atoms with van der Waals surface area (Å²) in [7, 11) is 2.96. The fraction of sp³-hybridized carbons (Fsp3) is 0.250. The maximum absolute atomic E-state index is 12.2. The number of hydrazone groups is 1. The molecule has 0 saturated carbocycles. The number of hydrogen-bond acceptors (Lipinski definition) is 7. The Morgan fingerprint density at radius 3 is 2.53 bits per heavy atom. The Bertz CT molecular complexity index is 948. The number of aromatic hydroxyl groups is 1. The number of benzene rings is 2. The molecule has 0 aliphatic heterocycles. The molecular weight excluding hydrogens is 458 g/mol. The number of carbonyl (C=O) groups is 2. The Kier molecular flexibility index (Phi) is 8.48. The summed E-state index contributed by atoms with van der Waals surface area (Å²) in [6, 6.07) is 7.88. The third kappa shape index (κ3) is 6.11. The summed E-state index contributed by atoms with van der Waals surface area (Å²) >= 11 is 3.23. The third-order valence-electron chi connectivity index (χ3n) is 3.81. The van der Waals surface area contributed by atoms with Crippen molar-refractivity contribution in [2.45, 2.75) is 6.92 Å². The Labute approximate surface area is 182 Å². The average molecular weight is 480 g/mol. The van der Waals surface area contributed by atoms with Gasteiger partial charge < -0.3 is 24.6 Å². The maximum atomic E-state index is 12.2. The molecule has 0 heterocycles. The summed E-state index contributed by atoms with van der Waals surface area (Å²) in [5.41, 5.74) is 3.23. The number of halogens is 1. The predicted octanol–water partition coefficient (Wildman–Crippen LogP) is 2.45. The summed E-state index contributed by atoms with van der Waals surface area (Å²) in [6.45, 7) is 1.91. The van der Waals surface area contributed by atoms with Crippen LogP contribution in [0.3, 0.4) is 0 Å². The quantitative estimate of drug-likeness (QED) is 0.375. The van der Waals surface area contributed by atoms with Crippen LogP contribution in [0.4, 0.5) is 0 Å². The highest BCUT2D eigenvalue weighted by Gasteiger charge is 2.12. The van der Waals surface area contributed by atoms with Crippen LogP contribution >= 0.6 is 15.9 Å². The van der Waals surface area contributed by atoms with Crippen LogP contribution in [0.2, 0.25) is 0 Å². The molecule has 0 fully saturated rings. The lowest BCUT2D eigenvalue weighted by Crippen LogP contribution is -2.34. The molecule has 0 aliphatic rings. The van der Waals surface area contributed by atoms with E-state index in [1.807, 2.05) is 0 Å². The molecule has 10 heteroatoms. The number of ether oxygens (including phenoxy) is 3. The van der Waals surface area contributed by atoms with Gasteiger partial charge in [-0.3, -0.25) is 9.59 Å². The molecule has 2 aromatic rings. The number of amides is 2. The zero-order valence-electron chi connectivity index (χ0n) is 16.7. The van der Waals surface area contributed by atoms with Crippen molar-refractivity contribution in [3.05, 3.63) is 45.9 Å². The second kappa shape index (κ2) is 11.1. The van der Waals surface area contributed by atoms with E-state index in [-0.39, 0.29) is 12.3 Å². The van der Waals surface area contributed by atoms with Crippen LogP contribution in [0.25, 0.3) is 0 Å². The molecule has 0 atom stereocenters. The minimum atomic E-state index is -0.511. The molecule has 3 N–H and O–H groups in total. The number of carbonyl (C=O) groups excluding carboxylic acids is 2. The standard InChI is InChI=1S/C20H22BrN3O6/c1-4-30-17-8-12(7-14(21)19(17)26)10-23-24-18(25)11-22-20(27)13-5-6-15(28-2)16(9-13)29-3/h5-10,26H,4,11H2,1-3H3,(H,22,27)(H,24,25). The van der Waals surface area contributed by atoms with Gasteiger partial charge in [0.05, 0.1) is 38.1 Å². The lowest BCUT2D eigenvalue weighted by molar-refractivity contribution is -0.120. The number of nitrogens with zero attached hydrogens (tertiary/aromatic N) is 1. The highest BCUT2D eigenvalue weighted by atomic mass is 79.9. The molecule has 0 aliphatic carbocycles. The highest BCUT2D eigenvalue weighted by Crippen LogP contribution is 2.35. The Morgan fingerprint density at radius 1 is 1.13 bits per heavy atom. The fourth-order valence-corrected chi connectivity index (χ4v) is 2.85. The first-order valence-electron chi connectivity index (χ1n) is 8.87. The molecule has 0 spiro atoms. The molecule has 9 nitrogen and oxygen atoms in total. The van der Waals surface area contributed by atoms with Crippen molar-refractivity contribution >= 4 is 34.0 Å². The molecule has 0 radical (unpaired) electrons. The van der Waals surface area contributed by atoms with Gasteiger partial charge in [-0.2, -0.15) is 5.10 Å². The van der Waals surface area contributed by atoms with E-state index in [1.165, 1.54) is 26.5 Å². The Hall–Kier alpha value is -3.27. The fourth-order valence-electron chi connectivity index (χ4n) is 2.39. The van der Waals surface area contributed by atoms with Crippen LogP contribution in [-0.2, 0) is 4.79 Å². The zero-order valence-corrected chi connectivity index (χ0v) is 18.3. The minimum absolute atomic E-state index is 0.0177. The molecule has 2 rings (SSSR count). The first-order valence-corrected chi connectivity index (χ1v) is 9.66. The lowest BCUT2D eigenvalue weighted by Gasteiger charge is -2.09. The maximum Gasteiger partial charge on any atom is 0.259 e. The Morgan fingerprint density at radius 2 is 1.87 bits per heavy atom. The number of phenolic OH excluding ortho intramolecular Hbond substituents is 1. The van der Waals surface area contributed by atoms with Crippen molar-refractivity contribution in [2.24, 2.45) is 5.10 Å². The molecule has 0 bridgehead atoms. The summed E-state index contributed by atoms with van der Waals surface area (Å²) < 4.78 is 16.0. The molecule has 0 saturated heterocycles. The van der Waals surface area contributed by atoms with Crippen molar-refractivity contribution in [3.63, 3.8) is 0 Å². The van der Waals surface area contributed by atoms with Gasteiger partial charge in [-0.15, -0.1) is 0 Å². The van der Waals surface area contributed by atoms with E-state index in [1.54, 1.807) is 31.2 Å². The molecule has 2 amide bonds. The predicted molar refractivity (Wildman–Crippen MR) is 115 cm³/mol. The number of rotatable bonds is 9. The normalized spacial score (nSPS) is 10.5. The van der Waals surface area contributed by atoms with Gasteiger partial charge in [-0.05, 0) is 58.7 Å². The first-order chi connectivity index (χ1) is 14.4. The van der Waals surface area contributed by atoms with Crippen molar-refractivity contribution in [3.8, 4) is 23.0 Å². The SMILES string of the molecule is CCOc1cc(C=NNC(=O)CNC(=O)c2ccc(OC)c(OC)c2)cc(Br)c1O. The van der Waals surface area contributed by atoms with Crippen molar-refractivity contribution < 1.29 is 28.9 Å². The summed E-state index contributed by atoms with van der Waals surface area (Å²) in [5.74, 6) is 0.222. The van der Waals surface area contributed by atoms with E-state index in [2.05, 4.69) is 31.8 Å². The van der Waals surface area contributed by atoms with Crippen LogP contribution in [-0.4, -0.2) is 50.5 Å². The van der Waals surface area contributed by atoms with Gasteiger partial charge in [-0.1, -0.05) is 0 Å². The smallest absolute Gasteiger partial charge is 0.259 e. The summed E-state index contributed by atoms with van der Waals surface area (Å²) in [5, 5.41) is 16.2. The minimum Gasteiger partial charge on any atom is -0.503 e. The van der Waals surface area contributed by atoms with Crippen LogP contribution in [0, 0.1) is 0 Å². The number of phenols is 1. The second-order valence-electron chi connectivity index (χ2n) is 5.83. The van der Waals surface area contributed by atoms with Gasteiger partial charge in [-0.25, -0.2) is 5.43 Å². The Balaban J connectivity index is 1.91. The van der Waals surface area contributed by atoms with Gasteiger partial charge in [0, 0.05) is 5.56 Å². The number of methoxy groups -OCH3 is 2. The van der Waals surface area contributed by atoms with E-state index < -0.39 is 11.8 Å². The van der Waals surface area contributed by atoms with Crippen molar-refractivity contribution in [2.75, 3.05) is 27.4 Å². The van der Waals surface area contributed by atoms with Gasteiger partial charge in [0.2, 0.25) is 0 Å². The van der Waals surface area contributed by atoms with Crippen LogP contribution in [0.5, 0.6) is 23.0 Å². The monoisotopic (exact) mass is 479 g/mol. The molecule has 30 heavy (non-hydrogen) atoms. The molecule has 0 aromatic heterocycles. The number of hydrogen-bond donors (Lipinski definition) is 3. The van der Waals surface area contributed by atoms with Crippen LogP contribution in [0.1, 0.15) is 22.8 Å².